The van der Waals surface area contributed by atoms with E-state index in [1.807, 2.05) is 60.5 Å². The van der Waals surface area contributed by atoms with Crippen molar-refractivity contribution in [3.63, 3.8) is 0 Å². The van der Waals surface area contributed by atoms with Crippen LogP contribution in [0.5, 0.6) is 0 Å². The molecule has 2 aliphatic carbocycles. The predicted molar refractivity (Wildman–Crippen MR) is 315 cm³/mol. The van der Waals surface area contributed by atoms with Gasteiger partial charge in [0, 0.05) is 33.0 Å². The number of nitrogens with zero attached hydrogens (tertiary/aromatic N) is 3. The second kappa shape index (κ2) is 30.6. The van der Waals surface area contributed by atoms with Gasteiger partial charge < -0.3 is 62.1 Å². The molecule has 3 fully saturated rings. The first kappa shape index (κ1) is 69.4. The number of aromatic nitrogens is 1. The highest BCUT2D eigenvalue weighted by Crippen LogP contribution is 2.32. The molecule has 2 heterocycles. The van der Waals surface area contributed by atoms with E-state index in [0.29, 0.717) is 44.0 Å². The topological polar surface area (TPSA) is 311 Å². The van der Waals surface area contributed by atoms with E-state index in [4.69, 9.17) is 4.42 Å². The molecule has 23 nitrogen and oxygen atoms in total. The fourth-order valence-corrected chi connectivity index (χ4v) is 11.1. The molecule has 9 N–H and O–H groups in total. The first-order valence-electron chi connectivity index (χ1n) is 30.3. The molecule has 0 bridgehead atoms. The number of amides is 10. The van der Waals surface area contributed by atoms with Crippen molar-refractivity contribution in [3.05, 3.63) is 17.8 Å². The predicted octanol–water partition coefficient (Wildman–Crippen LogP) is 3.82. The summed E-state index contributed by atoms with van der Waals surface area (Å²) < 4.78 is 5.26. The number of hydrogen-bond acceptors (Lipinski definition) is 13. The maximum atomic E-state index is 14.4. The van der Waals surface area contributed by atoms with Gasteiger partial charge in [0.1, 0.15) is 53.1 Å². The highest BCUT2D eigenvalue weighted by molar-refractivity contribution is 6.00. The average molecular weight is 1170 g/mol. The summed E-state index contributed by atoms with van der Waals surface area (Å²) in [6.45, 7) is 22.9. The monoisotopic (exact) mass is 1170 g/mol. The molecule has 1 saturated heterocycles. The molecule has 10 amide bonds. The fraction of sp³-hybridized carbons (Fsp3) is 0.783. The summed E-state index contributed by atoms with van der Waals surface area (Å²) in [7, 11) is 3.91. The summed E-state index contributed by atoms with van der Waals surface area (Å²) in [5.41, 5.74) is -4.85. The van der Waals surface area contributed by atoms with Gasteiger partial charge in [0.15, 0.2) is 11.6 Å². The molecule has 4 rings (SSSR count). The third-order valence-electron chi connectivity index (χ3n) is 15.9. The highest BCUT2D eigenvalue weighted by Gasteiger charge is 2.43. The first-order valence-corrected chi connectivity index (χ1v) is 30.3. The summed E-state index contributed by atoms with van der Waals surface area (Å²) in [6.07, 6.45) is 11.9. The van der Waals surface area contributed by atoms with Gasteiger partial charge in [-0.3, -0.25) is 47.9 Å². The van der Waals surface area contributed by atoms with Gasteiger partial charge in [0.05, 0.1) is 5.54 Å². The van der Waals surface area contributed by atoms with Crippen LogP contribution in [-0.4, -0.2) is 160 Å². The molecule has 1 aliphatic heterocycles. The van der Waals surface area contributed by atoms with Gasteiger partial charge >= 0.3 is 0 Å². The lowest BCUT2D eigenvalue weighted by atomic mass is 9.76. The Labute approximate surface area is 492 Å². The van der Waals surface area contributed by atoms with E-state index in [1.54, 1.807) is 6.92 Å². The number of likely N-dealkylation sites (N-methyl/N-ethyl adjacent to an activating group) is 1. The Morgan fingerprint density at radius 2 is 1.16 bits per heavy atom. The van der Waals surface area contributed by atoms with Crippen molar-refractivity contribution in [2.75, 3.05) is 33.7 Å². The Morgan fingerprint density at radius 1 is 0.639 bits per heavy atom. The van der Waals surface area contributed by atoms with Crippen LogP contribution in [0, 0.1) is 30.6 Å². The van der Waals surface area contributed by atoms with Gasteiger partial charge in [-0.15, -0.1) is 0 Å². The molecule has 23 heteroatoms. The van der Waals surface area contributed by atoms with Crippen LogP contribution < -0.4 is 47.9 Å². The molecule has 3 aliphatic rings. The zero-order valence-corrected chi connectivity index (χ0v) is 52.5. The van der Waals surface area contributed by atoms with Crippen molar-refractivity contribution in [3.8, 4) is 0 Å². The van der Waals surface area contributed by atoms with Crippen molar-refractivity contribution < 1.29 is 52.4 Å². The van der Waals surface area contributed by atoms with Gasteiger partial charge in [-0.25, -0.2) is 4.98 Å². The summed E-state index contributed by atoms with van der Waals surface area (Å²) in [5, 5.41) is 25.5. The molecule has 0 radical (unpaired) electrons. The molecule has 83 heavy (non-hydrogen) atoms. The molecule has 5 atom stereocenters. The van der Waals surface area contributed by atoms with Gasteiger partial charge in [0.2, 0.25) is 53.2 Å². The normalized spacial score (nSPS) is 18.1. The molecule has 0 aromatic carbocycles. The zero-order valence-electron chi connectivity index (χ0n) is 52.5. The number of carbonyl (C=O) groups excluding carboxylic acids is 10. The van der Waals surface area contributed by atoms with Gasteiger partial charge in [0.25, 0.3) is 5.91 Å². The maximum absolute atomic E-state index is 14.4. The van der Waals surface area contributed by atoms with Crippen LogP contribution in [-0.2, 0) is 43.2 Å². The van der Waals surface area contributed by atoms with Gasteiger partial charge in [-0.05, 0) is 144 Å². The first-order chi connectivity index (χ1) is 38.6. The van der Waals surface area contributed by atoms with Crippen LogP contribution in [0.2, 0.25) is 0 Å². The second-order valence-electron chi connectivity index (χ2n) is 26.8. The van der Waals surface area contributed by atoms with Crippen LogP contribution in [0.1, 0.15) is 202 Å². The van der Waals surface area contributed by atoms with E-state index in [0.717, 1.165) is 57.9 Å². The van der Waals surface area contributed by atoms with E-state index in [9.17, 15) is 47.9 Å². The van der Waals surface area contributed by atoms with Crippen LogP contribution in [0.15, 0.2) is 10.7 Å². The number of nitrogens with one attached hydrogen (secondary N) is 9. The molecule has 1 aromatic rings. The van der Waals surface area contributed by atoms with Crippen molar-refractivity contribution in [2.24, 2.45) is 23.7 Å². The SMILES string of the molecule is Cc1nc(C(=O)N2CCC[C@@H]2C(=O)N[C@H](CCC2CCCCC2)C(=O)N[C@H](CC(C)C)C(=O)NC(C)(C)C(=O)N[C@H](CC(C)C)C(=O)N[C@H](CC(C)C)C(=O)NC(C)(C)C(=O)NC(C)(C)C(=O)NCCC(=O)NC2(CN(C)C)CCC2)co1. The van der Waals surface area contributed by atoms with Gasteiger partial charge in [-0.2, -0.15) is 0 Å². The molecular weight excluding hydrogens is 1060 g/mol. The van der Waals surface area contributed by atoms with Crippen molar-refractivity contribution in [1.29, 1.82) is 0 Å². The molecule has 0 unspecified atom stereocenters. The molecule has 2 saturated carbocycles. The standard InChI is InChI=1S/C60H102N12O11/c1-36(2)31-42(49(75)65-44(33-38(5)6)51(77)69-59(12,13)56(82)70-57(8,9)54(80)61-29-26-47(73)67-60(27-20-28-60)35-71(14)15)66-55(81)58(10,11)68-50(76)43(32-37(3)4)64-48(74)41(25-24-40-21-17-16-18-22-40)63-52(78)46-23-19-30-72(46)53(79)45-34-83-39(7)62-45/h34,36-38,40-44,46H,16-33,35H2,1-15H3,(H,61,80)(H,63,78)(H,64,74)(H,65,75)(H,66,81)(H,67,73)(H,68,76)(H,69,77)(H,70,82)/t41-,42-,43-,44-,46-/m1/s1. The molecular formula is C60H102N12O11. The third-order valence-corrected chi connectivity index (χ3v) is 15.9. The summed E-state index contributed by atoms with van der Waals surface area (Å²) in [6, 6.07) is -5.34. The number of rotatable bonds is 31. The Hall–Kier alpha value is -6.13. The zero-order chi connectivity index (χ0) is 62.2. The minimum Gasteiger partial charge on any atom is -0.448 e. The van der Waals surface area contributed by atoms with Crippen LogP contribution in [0.25, 0.3) is 0 Å². The van der Waals surface area contributed by atoms with Crippen molar-refractivity contribution >= 4 is 59.1 Å². The Kier molecular flexibility index (Phi) is 25.6. The summed E-state index contributed by atoms with van der Waals surface area (Å²) in [5.74, 6) is -5.27. The van der Waals surface area contributed by atoms with E-state index < -0.39 is 100.0 Å². The molecule has 468 valence electrons. The van der Waals surface area contributed by atoms with E-state index in [1.165, 1.54) is 52.7 Å². The smallest absolute Gasteiger partial charge is 0.276 e. The second-order valence-corrected chi connectivity index (χ2v) is 26.8. The number of likely N-dealkylation sites (tertiary alicyclic amines) is 1. The van der Waals surface area contributed by atoms with Crippen LogP contribution in [0.3, 0.4) is 0 Å². The number of carbonyl (C=O) groups is 10. The Bertz CT molecular complexity index is 2420. The lowest BCUT2D eigenvalue weighted by Crippen LogP contribution is -2.65. The number of hydrogen-bond donors (Lipinski definition) is 9. The van der Waals surface area contributed by atoms with Crippen molar-refractivity contribution in [2.45, 2.75) is 245 Å². The lowest BCUT2D eigenvalue weighted by molar-refractivity contribution is -0.139. The molecule has 0 spiro atoms. The summed E-state index contributed by atoms with van der Waals surface area (Å²) in [4.78, 5) is 146. The quantitative estimate of drug-likeness (QED) is 0.0512. The highest BCUT2D eigenvalue weighted by atomic mass is 16.3. The lowest BCUT2D eigenvalue weighted by Gasteiger charge is -2.44. The Morgan fingerprint density at radius 3 is 1.65 bits per heavy atom. The average Bonchev–Trinajstić information content (AvgIpc) is 4.30. The maximum Gasteiger partial charge on any atom is 0.276 e. The van der Waals surface area contributed by atoms with Gasteiger partial charge in [-0.1, -0.05) is 73.6 Å². The number of oxazole rings is 1. The van der Waals surface area contributed by atoms with E-state index >= 15 is 0 Å². The van der Waals surface area contributed by atoms with Crippen LogP contribution in [0.4, 0.5) is 0 Å². The molecule has 1 aromatic heterocycles. The minimum atomic E-state index is -1.64. The Balaban J connectivity index is 1.41. The minimum absolute atomic E-state index is 0.0473. The third kappa shape index (κ3) is 21.5. The van der Waals surface area contributed by atoms with Crippen LogP contribution >= 0.6 is 0 Å². The van der Waals surface area contributed by atoms with E-state index in [-0.39, 0.29) is 67.1 Å². The largest absolute Gasteiger partial charge is 0.448 e. The number of aryl methyl sites for hydroxylation is 1. The van der Waals surface area contributed by atoms with Crippen molar-refractivity contribution in [1.82, 2.24) is 62.6 Å². The summed E-state index contributed by atoms with van der Waals surface area (Å²) >= 11 is 0. The fourth-order valence-electron chi connectivity index (χ4n) is 11.1. The van der Waals surface area contributed by atoms with E-state index in [2.05, 4.69) is 52.8 Å².